The molecule has 7 heteroatoms. The van der Waals surface area contributed by atoms with Crippen LogP contribution in [0.4, 0.5) is 0 Å². The molecule has 0 aliphatic carbocycles. The lowest BCUT2D eigenvalue weighted by molar-refractivity contribution is -0.191. The van der Waals surface area contributed by atoms with Crippen molar-refractivity contribution in [1.29, 1.82) is 0 Å². The van der Waals surface area contributed by atoms with Gasteiger partial charge in [0.25, 0.3) is 0 Å². The maximum absolute atomic E-state index is 6.78. The van der Waals surface area contributed by atoms with Crippen molar-refractivity contribution in [3.05, 3.63) is 0 Å². The standard InChI is InChI=1S/C20H48N6O/c1-11-13-15(17(21)23(3)4)19(25(7)8)27-20(26(9)10)16(14-12-2)18(22)24(5)6/h15-20H,11-14,21-22H2,1-10H3. The molecule has 0 aliphatic rings. The summed E-state index contributed by atoms with van der Waals surface area (Å²) >= 11 is 0. The average molecular weight is 389 g/mol. The summed E-state index contributed by atoms with van der Waals surface area (Å²) in [7, 11) is 16.4. The molecule has 0 aromatic rings. The first-order chi connectivity index (χ1) is 12.5. The number of nitrogens with zero attached hydrogens (tertiary/aromatic N) is 4. The van der Waals surface area contributed by atoms with Gasteiger partial charge in [0, 0.05) is 11.8 Å². The van der Waals surface area contributed by atoms with Crippen LogP contribution in [0.2, 0.25) is 0 Å². The summed E-state index contributed by atoms with van der Waals surface area (Å²) in [5.41, 5.74) is 13.1. The Bertz CT molecular complexity index is 343. The second-order valence-corrected chi connectivity index (χ2v) is 8.66. The summed E-state index contributed by atoms with van der Waals surface area (Å²) in [5.74, 6) is 0.417. The molecule has 0 saturated carbocycles. The normalized spacial score (nSPS) is 19.6. The summed E-state index contributed by atoms with van der Waals surface area (Å²) in [6.07, 6.45) is 3.89. The summed E-state index contributed by atoms with van der Waals surface area (Å²) in [5, 5.41) is 0. The lowest BCUT2D eigenvalue weighted by Crippen LogP contribution is -2.57. The highest BCUT2D eigenvalue weighted by atomic mass is 16.5. The number of ether oxygens (including phenoxy) is 1. The van der Waals surface area contributed by atoms with E-state index in [0.717, 1.165) is 25.7 Å². The van der Waals surface area contributed by atoms with Crippen LogP contribution in [-0.4, -0.2) is 101 Å². The van der Waals surface area contributed by atoms with E-state index in [1.165, 1.54) is 0 Å². The second-order valence-electron chi connectivity index (χ2n) is 8.66. The van der Waals surface area contributed by atoms with E-state index < -0.39 is 0 Å². The molecule has 0 saturated heterocycles. The molecule has 0 amide bonds. The Labute approximate surface area is 169 Å². The van der Waals surface area contributed by atoms with Gasteiger partial charge in [0.2, 0.25) is 0 Å². The Balaban J connectivity index is 5.76. The molecule has 0 radical (unpaired) electrons. The van der Waals surface area contributed by atoms with E-state index in [2.05, 4.69) is 61.6 Å². The molecule has 4 N–H and O–H groups in total. The average Bonchev–Trinajstić information content (AvgIpc) is 2.57. The van der Waals surface area contributed by atoms with Crippen molar-refractivity contribution >= 4 is 0 Å². The summed E-state index contributed by atoms with van der Waals surface area (Å²) < 4.78 is 6.78. The molecule has 0 aromatic carbocycles. The maximum Gasteiger partial charge on any atom is 0.117 e. The van der Waals surface area contributed by atoms with Crippen molar-refractivity contribution in [3.63, 3.8) is 0 Å². The number of hydrogen-bond donors (Lipinski definition) is 2. The number of hydrogen-bond acceptors (Lipinski definition) is 7. The summed E-state index contributed by atoms with van der Waals surface area (Å²) in [6.45, 7) is 4.40. The van der Waals surface area contributed by atoms with E-state index in [-0.39, 0.29) is 36.6 Å². The molecule has 0 aliphatic heterocycles. The smallest absolute Gasteiger partial charge is 0.117 e. The van der Waals surface area contributed by atoms with Crippen LogP contribution in [-0.2, 0) is 4.74 Å². The topological polar surface area (TPSA) is 74.2 Å². The molecule has 0 spiro atoms. The Morgan fingerprint density at radius 3 is 1.07 bits per heavy atom. The SMILES string of the molecule is CCCC(C(N)N(C)C)C(OC(C(CCC)C(N)N(C)C)N(C)C)N(C)C. The van der Waals surface area contributed by atoms with Gasteiger partial charge in [-0.3, -0.25) is 19.6 Å². The molecule has 0 rings (SSSR count). The van der Waals surface area contributed by atoms with Gasteiger partial charge in [-0.2, -0.15) is 0 Å². The quantitative estimate of drug-likeness (QED) is 0.435. The van der Waals surface area contributed by atoms with Gasteiger partial charge in [-0.1, -0.05) is 26.7 Å². The van der Waals surface area contributed by atoms with Gasteiger partial charge in [-0.25, -0.2) is 0 Å². The van der Waals surface area contributed by atoms with Crippen LogP contribution >= 0.6 is 0 Å². The molecule has 27 heavy (non-hydrogen) atoms. The fourth-order valence-electron chi connectivity index (χ4n) is 3.75. The predicted molar refractivity (Wildman–Crippen MR) is 116 cm³/mol. The third-order valence-electron chi connectivity index (χ3n) is 5.34. The van der Waals surface area contributed by atoms with Crippen molar-refractivity contribution in [1.82, 2.24) is 19.6 Å². The molecule has 6 atom stereocenters. The first-order valence-electron chi connectivity index (χ1n) is 10.3. The van der Waals surface area contributed by atoms with Crippen molar-refractivity contribution in [2.24, 2.45) is 23.3 Å². The molecule has 0 fully saturated rings. The van der Waals surface area contributed by atoms with Crippen LogP contribution < -0.4 is 11.5 Å². The molecule has 6 unspecified atom stereocenters. The van der Waals surface area contributed by atoms with Crippen molar-refractivity contribution < 1.29 is 4.74 Å². The zero-order valence-corrected chi connectivity index (χ0v) is 19.6. The van der Waals surface area contributed by atoms with Crippen molar-refractivity contribution in [2.45, 2.75) is 64.3 Å². The molecular weight excluding hydrogens is 340 g/mol. The molecule has 0 aromatic heterocycles. The lowest BCUT2D eigenvalue weighted by atomic mass is 9.94. The first kappa shape index (κ1) is 26.7. The highest BCUT2D eigenvalue weighted by Gasteiger charge is 2.37. The maximum atomic E-state index is 6.78. The molecule has 164 valence electrons. The number of nitrogens with two attached hydrogens (primary N) is 2. The largest absolute Gasteiger partial charge is 0.344 e. The van der Waals surface area contributed by atoms with E-state index in [9.17, 15) is 0 Å². The lowest BCUT2D eigenvalue weighted by Gasteiger charge is -2.44. The van der Waals surface area contributed by atoms with Crippen molar-refractivity contribution in [2.75, 3.05) is 56.4 Å². The van der Waals surface area contributed by atoms with Crippen LogP contribution in [0.15, 0.2) is 0 Å². The van der Waals surface area contributed by atoms with E-state index in [1.807, 2.05) is 28.2 Å². The highest BCUT2D eigenvalue weighted by Crippen LogP contribution is 2.27. The monoisotopic (exact) mass is 388 g/mol. The van der Waals surface area contributed by atoms with Gasteiger partial charge in [-0.15, -0.1) is 0 Å². The highest BCUT2D eigenvalue weighted by molar-refractivity contribution is 4.82. The third kappa shape index (κ3) is 8.31. The fraction of sp³-hybridized carbons (Fsp3) is 1.00. The van der Waals surface area contributed by atoms with Gasteiger partial charge >= 0.3 is 0 Å². The number of rotatable bonds is 14. The second kappa shape index (κ2) is 13.0. The van der Waals surface area contributed by atoms with Crippen LogP contribution in [0.25, 0.3) is 0 Å². The van der Waals surface area contributed by atoms with Gasteiger partial charge in [-0.05, 0) is 69.2 Å². The van der Waals surface area contributed by atoms with E-state index >= 15 is 0 Å². The first-order valence-corrected chi connectivity index (χ1v) is 10.3. The third-order valence-corrected chi connectivity index (χ3v) is 5.34. The minimum atomic E-state index is -0.0801. The Morgan fingerprint density at radius 1 is 0.593 bits per heavy atom. The predicted octanol–water partition coefficient (Wildman–Crippen LogP) is 1.30. The van der Waals surface area contributed by atoms with Gasteiger partial charge in [0.05, 0.1) is 12.3 Å². The van der Waals surface area contributed by atoms with Crippen LogP contribution in [0.1, 0.15) is 39.5 Å². The molecular formula is C20H48N6O. The van der Waals surface area contributed by atoms with Crippen LogP contribution in [0.3, 0.4) is 0 Å². The molecule has 7 nitrogen and oxygen atoms in total. The van der Waals surface area contributed by atoms with Gasteiger partial charge in [0.1, 0.15) is 12.5 Å². The fourth-order valence-corrected chi connectivity index (χ4v) is 3.75. The van der Waals surface area contributed by atoms with Gasteiger partial charge < -0.3 is 16.2 Å². The van der Waals surface area contributed by atoms with E-state index in [1.54, 1.807) is 0 Å². The molecule has 0 bridgehead atoms. The molecule has 0 heterocycles. The zero-order chi connectivity index (χ0) is 21.3. The van der Waals surface area contributed by atoms with Crippen LogP contribution in [0, 0.1) is 11.8 Å². The van der Waals surface area contributed by atoms with E-state index in [4.69, 9.17) is 16.2 Å². The summed E-state index contributed by atoms with van der Waals surface area (Å²) in [4.78, 5) is 8.48. The minimum absolute atomic E-state index is 0.0627. The Kier molecular flexibility index (Phi) is 12.9. The van der Waals surface area contributed by atoms with Crippen molar-refractivity contribution in [3.8, 4) is 0 Å². The Morgan fingerprint density at radius 2 is 0.889 bits per heavy atom. The van der Waals surface area contributed by atoms with E-state index in [0.29, 0.717) is 0 Å². The minimum Gasteiger partial charge on any atom is -0.344 e. The van der Waals surface area contributed by atoms with Gasteiger partial charge in [0.15, 0.2) is 0 Å². The zero-order valence-electron chi connectivity index (χ0n) is 19.6. The summed E-state index contributed by atoms with van der Waals surface area (Å²) in [6, 6.07) is 0. The van der Waals surface area contributed by atoms with Crippen LogP contribution in [0.5, 0.6) is 0 Å². The Hall–Kier alpha value is -0.280.